The van der Waals surface area contributed by atoms with E-state index in [1.165, 1.54) is 12.1 Å². The lowest BCUT2D eigenvalue weighted by Gasteiger charge is -2.37. The first kappa shape index (κ1) is 17.6. The molecular weight excluding hydrogens is 385 g/mol. The number of piperazine rings is 1. The summed E-state index contributed by atoms with van der Waals surface area (Å²) in [6.07, 6.45) is 0. The van der Waals surface area contributed by atoms with Crippen LogP contribution in [0.15, 0.2) is 53.0 Å². The highest BCUT2D eigenvalue weighted by molar-refractivity contribution is 9.10. The van der Waals surface area contributed by atoms with Crippen molar-refractivity contribution in [3.63, 3.8) is 0 Å². The van der Waals surface area contributed by atoms with E-state index >= 15 is 0 Å². The van der Waals surface area contributed by atoms with E-state index in [1.54, 1.807) is 29.2 Å². The summed E-state index contributed by atoms with van der Waals surface area (Å²) >= 11 is 3.36. The number of nitrogens with zero attached hydrogens (tertiary/aromatic N) is 3. The first-order valence-electron chi connectivity index (χ1n) is 8.02. The van der Waals surface area contributed by atoms with Crippen LogP contribution in [0.1, 0.15) is 22.0 Å². The Balaban J connectivity index is 1.64. The predicted molar refractivity (Wildman–Crippen MR) is 96.4 cm³/mol. The number of halogens is 2. The molecule has 6 heteroatoms. The van der Waals surface area contributed by atoms with E-state index in [9.17, 15) is 14.4 Å². The summed E-state index contributed by atoms with van der Waals surface area (Å²) in [6.45, 7) is 2.35. The minimum Gasteiger partial charge on any atom is -0.336 e. The Morgan fingerprint density at radius 1 is 1.04 bits per heavy atom. The molecule has 0 aromatic heterocycles. The highest BCUT2D eigenvalue weighted by atomic mass is 79.9. The third-order valence-electron chi connectivity index (χ3n) is 4.37. The lowest BCUT2D eigenvalue weighted by atomic mass is 10.1. The molecule has 1 saturated heterocycles. The molecule has 2 aromatic rings. The molecule has 1 fully saturated rings. The number of carbonyl (C=O) groups is 1. The van der Waals surface area contributed by atoms with Crippen molar-refractivity contribution in [2.45, 2.75) is 6.04 Å². The van der Waals surface area contributed by atoms with Crippen molar-refractivity contribution in [2.75, 3.05) is 26.2 Å². The van der Waals surface area contributed by atoms with Gasteiger partial charge in [-0.05, 0) is 42.0 Å². The first-order chi connectivity index (χ1) is 12.1. The molecule has 0 unspecified atom stereocenters. The van der Waals surface area contributed by atoms with Crippen LogP contribution < -0.4 is 0 Å². The van der Waals surface area contributed by atoms with Crippen molar-refractivity contribution in [2.24, 2.45) is 0 Å². The van der Waals surface area contributed by atoms with E-state index in [0.29, 0.717) is 31.7 Å². The third kappa shape index (κ3) is 4.06. The van der Waals surface area contributed by atoms with Crippen molar-refractivity contribution in [1.82, 2.24) is 9.80 Å². The quantitative estimate of drug-likeness (QED) is 0.788. The van der Waals surface area contributed by atoms with Gasteiger partial charge in [-0.3, -0.25) is 9.69 Å². The summed E-state index contributed by atoms with van der Waals surface area (Å²) < 4.78 is 14.0. The normalized spacial score (nSPS) is 16.3. The molecule has 1 aliphatic rings. The number of benzene rings is 2. The molecule has 2 aromatic carbocycles. The molecule has 3 rings (SSSR count). The van der Waals surface area contributed by atoms with Crippen LogP contribution in [-0.4, -0.2) is 41.9 Å². The Labute approximate surface area is 154 Å². The van der Waals surface area contributed by atoms with E-state index in [-0.39, 0.29) is 11.7 Å². The molecule has 0 aliphatic carbocycles. The summed E-state index contributed by atoms with van der Waals surface area (Å²) in [6, 6.07) is 15.2. The van der Waals surface area contributed by atoms with Crippen molar-refractivity contribution < 1.29 is 9.18 Å². The van der Waals surface area contributed by atoms with E-state index < -0.39 is 6.04 Å². The first-order valence-corrected chi connectivity index (χ1v) is 8.82. The molecule has 1 atom stereocenters. The number of nitriles is 1. The van der Waals surface area contributed by atoms with Gasteiger partial charge in [0.25, 0.3) is 5.91 Å². The smallest absolute Gasteiger partial charge is 0.253 e. The van der Waals surface area contributed by atoms with Crippen molar-refractivity contribution >= 4 is 21.8 Å². The third-order valence-corrected chi connectivity index (χ3v) is 4.89. The lowest BCUT2D eigenvalue weighted by Crippen LogP contribution is -2.49. The van der Waals surface area contributed by atoms with Crippen LogP contribution in [0.3, 0.4) is 0 Å². The molecule has 128 valence electrons. The van der Waals surface area contributed by atoms with Crippen LogP contribution in [0.2, 0.25) is 0 Å². The molecule has 1 heterocycles. The number of hydrogen-bond donors (Lipinski definition) is 0. The van der Waals surface area contributed by atoms with Crippen molar-refractivity contribution in [3.05, 3.63) is 69.9 Å². The van der Waals surface area contributed by atoms with Crippen LogP contribution in [0.25, 0.3) is 0 Å². The molecule has 0 bridgehead atoms. The van der Waals surface area contributed by atoms with Crippen molar-refractivity contribution in [1.29, 1.82) is 5.26 Å². The maximum Gasteiger partial charge on any atom is 0.253 e. The van der Waals surface area contributed by atoms with Crippen LogP contribution in [0.4, 0.5) is 4.39 Å². The number of amides is 1. The Morgan fingerprint density at radius 2 is 1.64 bits per heavy atom. The Hall–Kier alpha value is -2.23. The standard InChI is InChI=1S/C19H17BrFN3O/c20-16-5-1-15(2-6-16)19(25)24-11-9-23(10-12-24)18(13-22)14-3-7-17(21)8-4-14/h1-8,18H,9-12H2/t18-/m1/s1. The predicted octanol–water partition coefficient (Wildman–Crippen LogP) is 3.61. The van der Waals surface area contributed by atoms with E-state index in [4.69, 9.17) is 0 Å². The SMILES string of the molecule is N#C[C@H](c1ccc(F)cc1)N1CCN(C(=O)c2ccc(Br)cc2)CC1. The second-order valence-electron chi connectivity index (χ2n) is 5.92. The fourth-order valence-electron chi connectivity index (χ4n) is 2.97. The van der Waals surface area contributed by atoms with Crippen LogP contribution >= 0.6 is 15.9 Å². The summed E-state index contributed by atoms with van der Waals surface area (Å²) in [5, 5.41) is 9.51. The van der Waals surface area contributed by atoms with Gasteiger partial charge in [0.2, 0.25) is 0 Å². The summed E-state index contributed by atoms with van der Waals surface area (Å²) in [4.78, 5) is 16.4. The van der Waals surface area contributed by atoms with Gasteiger partial charge in [-0.2, -0.15) is 5.26 Å². The fourth-order valence-corrected chi connectivity index (χ4v) is 3.23. The number of carbonyl (C=O) groups excluding carboxylic acids is 1. The molecule has 0 N–H and O–H groups in total. The second kappa shape index (κ2) is 7.77. The molecule has 0 radical (unpaired) electrons. The number of hydrogen-bond acceptors (Lipinski definition) is 3. The van der Waals surface area contributed by atoms with Gasteiger partial charge in [0.05, 0.1) is 6.07 Å². The van der Waals surface area contributed by atoms with E-state index in [1.807, 2.05) is 17.0 Å². The van der Waals surface area contributed by atoms with Gasteiger partial charge in [-0.1, -0.05) is 28.1 Å². The monoisotopic (exact) mass is 401 g/mol. The van der Waals surface area contributed by atoms with Gasteiger partial charge in [-0.25, -0.2) is 4.39 Å². The van der Waals surface area contributed by atoms with Crippen LogP contribution in [0.5, 0.6) is 0 Å². The number of rotatable bonds is 3. The van der Waals surface area contributed by atoms with Gasteiger partial charge in [0.1, 0.15) is 11.9 Å². The molecule has 4 nitrogen and oxygen atoms in total. The van der Waals surface area contributed by atoms with Crippen LogP contribution in [0, 0.1) is 17.1 Å². The van der Waals surface area contributed by atoms with E-state index in [2.05, 4.69) is 22.0 Å². The van der Waals surface area contributed by atoms with E-state index in [0.717, 1.165) is 10.0 Å². The summed E-state index contributed by atoms with van der Waals surface area (Å²) in [5.41, 5.74) is 1.43. The Kier molecular flexibility index (Phi) is 5.47. The maximum atomic E-state index is 13.1. The topological polar surface area (TPSA) is 47.3 Å². The zero-order chi connectivity index (χ0) is 17.8. The van der Waals surface area contributed by atoms with Gasteiger partial charge in [0.15, 0.2) is 0 Å². The molecule has 25 heavy (non-hydrogen) atoms. The van der Waals surface area contributed by atoms with Gasteiger partial charge in [0, 0.05) is 36.2 Å². The molecule has 1 amide bonds. The summed E-state index contributed by atoms with van der Waals surface area (Å²) in [5.74, 6) is -0.312. The maximum absolute atomic E-state index is 13.1. The highest BCUT2D eigenvalue weighted by Gasteiger charge is 2.27. The largest absolute Gasteiger partial charge is 0.336 e. The Morgan fingerprint density at radius 3 is 2.20 bits per heavy atom. The molecule has 1 aliphatic heterocycles. The fraction of sp³-hybridized carbons (Fsp3) is 0.263. The zero-order valence-electron chi connectivity index (χ0n) is 13.5. The molecular formula is C19H17BrFN3O. The minimum atomic E-state index is -0.425. The average Bonchev–Trinajstić information content (AvgIpc) is 2.64. The summed E-state index contributed by atoms with van der Waals surface area (Å²) in [7, 11) is 0. The average molecular weight is 402 g/mol. The molecule has 0 spiro atoms. The Bertz CT molecular complexity index is 778. The van der Waals surface area contributed by atoms with Gasteiger partial charge < -0.3 is 4.90 Å². The van der Waals surface area contributed by atoms with Crippen LogP contribution in [-0.2, 0) is 0 Å². The van der Waals surface area contributed by atoms with Crippen molar-refractivity contribution in [3.8, 4) is 6.07 Å². The van der Waals surface area contributed by atoms with Gasteiger partial charge in [-0.15, -0.1) is 0 Å². The zero-order valence-corrected chi connectivity index (χ0v) is 15.1. The lowest BCUT2D eigenvalue weighted by molar-refractivity contribution is 0.0606. The molecule has 0 saturated carbocycles. The second-order valence-corrected chi connectivity index (χ2v) is 6.83. The highest BCUT2D eigenvalue weighted by Crippen LogP contribution is 2.22. The van der Waals surface area contributed by atoms with Gasteiger partial charge >= 0.3 is 0 Å². The minimum absolute atomic E-state index is 0.00226.